The molecule has 0 atom stereocenters. The summed E-state index contributed by atoms with van der Waals surface area (Å²) in [5.74, 6) is 1.35. The van der Waals surface area contributed by atoms with Crippen LogP contribution in [0.25, 0.3) is 11.4 Å². The van der Waals surface area contributed by atoms with E-state index < -0.39 is 0 Å². The zero-order valence-electron chi connectivity index (χ0n) is 18.0. The molecule has 0 bridgehead atoms. The van der Waals surface area contributed by atoms with Crippen LogP contribution in [-0.4, -0.2) is 33.0 Å². The van der Waals surface area contributed by atoms with Crippen molar-refractivity contribution < 1.29 is 9.53 Å². The minimum absolute atomic E-state index is 0.107. The molecule has 0 fully saturated rings. The number of anilines is 1. The Balaban J connectivity index is 1.68. The van der Waals surface area contributed by atoms with Crippen molar-refractivity contribution in [2.75, 3.05) is 17.7 Å². The van der Waals surface area contributed by atoms with E-state index in [0.29, 0.717) is 44.9 Å². The third kappa shape index (κ3) is 6.90. The first-order valence-corrected chi connectivity index (χ1v) is 12.4. The number of amides is 1. The molecule has 174 valence electrons. The van der Waals surface area contributed by atoms with Crippen LogP contribution in [0.3, 0.4) is 0 Å². The second-order valence-electron chi connectivity index (χ2n) is 7.01. The summed E-state index contributed by atoms with van der Waals surface area (Å²) in [6.45, 7) is 7.14. The van der Waals surface area contributed by atoms with Crippen LogP contribution in [0.15, 0.2) is 54.2 Å². The smallest absolute Gasteiger partial charge is 0.234 e. The quantitative estimate of drug-likeness (QED) is 0.126. The first-order chi connectivity index (χ1) is 15.9. The Morgan fingerprint density at radius 3 is 2.58 bits per heavy atom. The topological polar surface area (TPSA) is 69.0 Å². The lowest BCUT2D eigenvalue weighted by Crippen LogP contribution is -2.15. The van der Waals surface area contributed by atoms with Crippen molar-refractivity contribution in [2.45, 2.75) is 31.5 Å². The molecule has 0 saturated heterocycles. The molecule has 0 unspecified atom stereocenters. The fourth-order valence-corrected chi connectivity index (χ4v) is 4.21. The highest BCUT2D eigenvalue weighted by atomic mass is 35.5. The molecule has 0 aliphatic rings. The summed E-state index contributed by atoms with van der Waals surface area (Å²) in [5, 5.41) is 12.9. The second kappa shape index (κ2) is 12.3. The Labute approximate surface area is 212 Å². The Bertz CT molecular complexity index is 1120. The molecular weight excluding hydrogens is 503 g/mol. The summed E-state index contributed by atoms with van der Waals surface area (Å²) >= 11 is 19.3. The molecule has 1 N–H and O–H groups in total. The molecule has 3 aromatic rings. The number of aromatic nitrogens is 3. The largest absolute Gasteiger partial charge is 0.494 e. The molecule has 0 aliphatic heterocycles. The van der Waals surface area contributed by atoms with Gasteiger partial charge >= 0.3 is 0 Å². The number of hydrogen-bond donors (Lipinski definition) is 1. The molecule has 1 heterocycles. The van der Waals surface area contributed by atoms with E-state index in [2.05, 4.69) is 29.0 Å². The number of carbonyl (C=O) groups is 1. The summed E-state index contributed by atoms with van der Waals surface area (Å²) in [6, 6.07) is 10.7. The van der Waals surface area contributed by atoms with Gasteiger partial charge in [-0.2, -0.15) is 0 Å². The van der Waals surface area contributed by atoms with Crippen molar-refractivity contribution in [3.8, 4) is 17.1 Å². The van der Waals surface area contributed by atoms with Crippen molar-refractivity contribution in [2.24, 2.45) is 0 Å². The van der Waals surface area contributed by atoms with Gasteiger partial charge in [0.25, 0.3) is 0 Å². The highest BCUT2D eigenvalue weighted by Gasteiger charge is 2.16. The maximum absolute atomic E-state index is 12.5. The van der Waals surface area contributed by atoms with Gasteiger partial charge in [0.15, 0.2) is 11.0 Å². The third-order valence-electron chi connectivity index (χ3n) is 4.52. The van der Waals surface area contributed by atoms with Gasteiger partial charge in [-0.25, -0.2) is 0 Å². The summed E-state index contributed by atoms with van der Waals surface area (Å²) in [6.07, 6.45) is 3.86. The van der Waals surface area contributed by atoms with Gasteiger partial charge in [-0.3, -0.25) is 9.36 Å². The van der Waals surface area contributed by atoms with Crippen LogP contribution in [0.1, 0.15) is 19.8 Å². The number of nitrogens with zero attached hydrogens (tertiary/aromatic N) is 3. The standard InChI is InChI=1S/C23H23Cl3N4O2S/c1-3-5-11-32-16-8-6-15(7-9-16)22-28-29-23(30(22)10-4-2)33-14-21(31)27-20-13-18(25)17(24)12-19(20)26/h4,6-9,12-13H,2-3,5,10-11,14H2,1H3,(H,27,31). The molecule has 1 aromatic heterocycles. The van der Waals surface area contributed by atoms with Crippen LogP contribution in [0.5, 0.6) is 5.75 Å². The van der Waals surface area contributed by atoms with Crippen LogP contribution >= 0.6 is 46.6 Å². The molecule has 33 heavy (non-hydrogen) atoms. The number of ether oxygens (including phenoxy) is 1. The number of unbranched alkanes of at least 4 members (excludes halogenated alkanes) is 1. The predicted octanol–water partition coefficient (Wildman–Crippen LogP) is 7.00. The predicted molar refractivity (Wildman–Crippen MR) is 137 cm³/mol. The van der Waals surface area contributed by atoms with E-state index in [1.165, 1.54) is 23.9 Å². The summed E-state index contributed by atoms with van der Waals surface area (Å²) in [5.41, 5.74) is 1.29. The van der Waals surface area contributed by atoms with Crippen LogP contribution < -0.4 is 10.1 Å². The monoisotopic (exact) mass is 524 g/mol. The van der Waals surface area contributed by atoms with Gasteiger partial charge in [-0.05, 0) is 42.8 Å². The van der Waals surface area contributed by atoms with E-state index in [1.54, 1.807) is 6.08 Å². The van der Waals surface area contributed by atoms with Gasteiger partial charge in [0.1, 0.15) is 5.75 Å². The van der Waals surface area contributed by atoms with Crippen LogP contribution in [0, 0.1) is 0 Å². The Morgan fingerprint density at radius 2 is 1.88 bits per heavy atom. The third-order valence-corrected chi connectivity index (χ3v) is 6.53. The summed E-state index contributed by atoms with van der Waals surface area (Å²) in [4.78, 5) is 12.5. The van der Waals surface area contributed by atoms with Crippen LogP contribution in [-0.2, 0) is 11.3 Å². The van der Waals surface area contributed by atoms with Gasteiger partial charge < -0.3 is 10.1 Å². The zero-order chi connectivity index (χ0) is 23.8. The summed E-state index contributed by atoms with van der Waals surface area (Å²) < 4.78 is 7.63. The average Bonchev–Trinajstić information content (AvgIpc) is 3.19. The molecule has 0 spiro atoms. The maximum atomic E-state index is 12.5. The number of benzene rings is 2. The van der Waals surface area contributed by atoms with Crippen molar-refractivity contribution >= 4 is 58.2 Å². The van der Waals surface area contributed by atoms with E-state index in [1.807, 2.05) is 28.8 Å². The molecular formula is C23H23Cl3N4O2S. The van der Waals surface area contributed by atoms with E-state index in [-0.39, 0.29) is 11.7 Å². The fraction of sp³-hybridized carbons (Fsp3) is 0.261. The van der Waals surface area contributed by atoms with Crippen molar-refractivity contribution in [1.29, 1.82) is 0 Å². The molecule has 3 rings (SSSR count). The van der Waals surface area contributed by atoms with E-state index in [4.69, 9.17) is 39.5 Å². The molecule has 0 saturated carbocycles. The number of allylic oxidation sites excluding steroid dienone is 1. The highest BCUT2D eigenvalue weighted by molar-refractivity contribution is 7.99. The number of halogens is 3. The lowest BCUT2D eigenvalue weighted by molar-refractivity contribution is -0.113. The molecule has 2 aromatic carbocycles. The van der Waals surface area contributed by atoms with Crippen LogP contribution in [0.2, 0.25) is 15.1 Å². The molecule has 0 radical (unpaired) electrons. The number of nitrogens with one attached hydrogen (secondary N) is 1. The van der Waals surface area contributed by atoms with Crippen LogP contribution in [0.4, 0.5) is 5.69 Å². The first kappa shape index (κ1) is 25.4. The van der Waals surface area contributed by atoms with E-state index >= 15 is 0 Å². The minimum atomic E-state index is -0.261. The SMILES string of the molecule is C=CCn1c(SCC(=O)Nc2cc(Cl)c(Cl)cc2Cl)nnc1-c1ccc(OCCCC)cc1. The van der Waals surface area contributed by atoms with Crippen molar-refractivity contribution in [3.05, 3.63) is 64.1 Å². The van der Waals surface area contributed by atoms with Gasteiger partial charge in [0, 0.05) is 12.1 Å². The van der Waals surface area contributed by atoms with Gasteiger partial charge in [0.05, 0.1) is 33.1 Å². The lowest BCUT2D eigenvalue weighted by Gasteiger charge is -2.10. The van der Waals surface area contributed by atoms with Crippen molar-refractivity contribution in [1.82, 2.24) is 14.8 Å². The fourth-order valence-electron chi connectivity index (χ4n) is 2.87. The lowest BCUT2D eigenvalue weighted by atomic mass is 10.2. The van der Waals surface area contributed by atoms with E-state index in [9.17, 15) is 4.79 Å². The first-order valence-electron chi connectivity index (χ1n) is 10.3. The highest BCUT2D eigenvalue weighted by Crippen LogP contribution is 2.32. The molecule has 6 nitrogen and oxygen atoms in total. The summed E-state index contributed by atoms with van der Waals surface area (Å²) in [7, 11) is 0. The zero-order valence-corrected chi connectivity index (χ0v) is 21.1. The molecule has 10 heteroatoms. The Morgan fingerprint density at radius 1 is 1.15 bits per heavy atom. The number of carbonyl (C=O) groups excluding carboxylic acids is 1. The number of thioether (sulfide) groups is 1. The van der Waals surface area contributed by atoms with Gasteiger partial charge in [-0.1, -0.05) is 66.0 Å². The number of hydrogen-bond acceptors (Lipinski definition) is 5. The second-order valence-corrected chi connectivity index (χ2v) is 9.18. The van der Waals surface area contributed by atoms with Gasteiger partial charge in [0.2, 0.25) is 5.91 Å². The van der Waals surface area contributed by atoms with Crippen molar-refractivity contribution in [3.63, 3.8) is 0 Å². The average molecular weight is 526 g/mol. The maximum Gasteiger partial charge on any atom is 0.234 e. The van der Waals surface area contributed by atoms with Gasteiger partial charge in [-0.15, -0.1) is 16.8 Å². The Hall–Kier alpha value is -2.19. The molecule has 1 amide bonds. The normalized spacial score (nSPS) is 10.8. The molecule has 0 aliphatic carbocycles. The minimum Gasteiger partial charge on any atom is -0.494 e. The number of rotatable bonds is 11. The Kier molecular flexibility index (Phi) is 9.50. The van der Waals surface area contributed by atoms with E-state index in [0.717, 1.165) is 24.2 Å².